The van der Waals surface area contributed by atoms with E-state index < -0.39 is 11.7 Å². The lowest BCUT2D eigenvalue weighted by atomic mass is 10.1. The van der Waals surface area contributed by atoms with E-state index in [9.17, 15) is 17.6 Å². The molecule has 8 aromatic rings. The average Bonchev–Trinajstić information content (AvgIpc) is 3.73. The number of hydrogen-bond acceptors (Lipinski definition) is 12. The molecule has 0 saturated heterocycles. The number of thioether (sulfide) groups is 2. The topological polar surface area (TPSA) is 164 Å². The summed E-state index contributed by atoms with van der Waals surface area (Å²) in [5, 5.41) is 1.17. The van der Waals surface area contributed by atoms with Gasteiger partial charge in [-0.25, -0.2) is 34.3 Å². The third-order valence-electron chi connectivity index (χ3n) is 7.71. The maximum Gasteiger partial charge on any atom is 0.416 e. The summed E-state index contributed by atoms with van der Waals surface area (Å²) < 4.78 is 56.7. The van der Waals surface area contributed by atoms with Gasteiger partial charge in [-0.1, -0.05) is 47.8 Å². The van der Waals surface area contributed by atoms with E-state index in [0.717, 1.165) is 12.1 Å². The second kappa shape index (κ2) is 14.5. The van der Waals surface area contributed by atoms with Gasteiger partial charge in [0.15, 0.2) is 10.3 Å². The Morgan fingerprint density at radius 2 is 1.09 bits per heavy atom. The van der Waals surface area contributed by atoms with Gasteiger partial charge in [0.25, 0.3) is 0 Å². The fraction of sp³-hybridized carbons (Fsp3) is 0.0857. The largest absolute Gasteiger partial charge is 0.416 e. The van der Waals surface area contributed by atoms with Crippen LogP contribution in [0.3, 0.4) is 0 Å². The molecule has 4 N–H and O–H groups in total. The normalized spacial score (nSPS) is 11.5. The lowest BCUT2D eigenvalue weighted by molar-refractivity contribution is -0.137. The third kappa shape index (κ3) is 7.31. The number of nitrogens with zero attached hydrogens (tertiary/aromatic N) is 10. The van der Waals surface area contributed by atoms with Gasteiger partial charge in [-0.05, 0) is 61.0 Å². The van der Waals surface area contributed by atoms with Crippen molar-refractivity contribution in [3.63, 3.8) is 0 Å². The second-order valence-corrected chi connectivity index (χ2v) is 12.7. The Morgan fingerprint density at radius 3 is 1.57 bits per heavy atom. The SMILES string of the molecule is CSc1nccc(-c2c(-c3cccc(C(F)(F)F)c3)nc3nc(N)ccn23)n1.CSc1nccc(-c2c(-c3cccc(F)c3)nc3nc(N)ccn23)n1. The molecule has 0 atom stereocenters. The number of benzene rings is 2. The van der Waals surface area contributed by atoms with E-state index in [1.807, 2.05) is 12.5 Å². The molecule has 0 saturated carbocycles. The van der Waals surface area contributed by atoms with Crippen LogP contribution in [0.1, 0.15) is 5.56 Å². The first kappa shape index (κ1) is 35.3. The standard InChI is InChI=1S/C18H13F3N6S.C17H13FN6S/c1-28-17-23-7-5-12(24-17)15-14(26-16-25-13(22)6-8-27(15)16)10-3-2-4-11(9-10)18(19,20)21;1-25-17-20-7-5-12(21-17)15-14(10-3-2-4-11(18)9-10)23-16-22-13(19)6-8-24(15)16/h2-9H,1H3,(H2,22,25,26);2-9H,1H3,(H2,19,22,23). The summed E-state index contributed by atoms with van der Waals surface area (Å²) in [6.45, 7) is 0. The molecule has 0 amide bonds. The minimum atomic E-state index is -4.46. The number of halogens is 4. The highest BCUT2D eigenvalue weighted by atomic mass is 32.2. The summed E-state index contributed by atoms with van der Waals surface area (Å²) >= 11 is 2.80. The molecular formula is C35H26F4N12S2. The van der Waals surface area contributed by atoms with Gasteiger partial charge in [0.2, 0.25) is 11.6 Å². The number of imidazole rings is 2. The maximum absolute atomic E-state index is 13.7. The van der Waals surface area contributed by atoms with Crippen molar-refractivity contribution in [2.24, 2.45) is 0 Å². The molecule has 6 aromatic heterocycles. The van der Waals surface area contributed by atoms with Crippen LogP contribution in [0.5, 0.6) is 0 Å². The van der Waals surface area contributed by atoms with Crippen molar-refractivity contribution >= 4 is 46.7 Å². The summed E-state index contributed by atoms with van der Waals surface area (Å²) in [7, 11) is 0. The van der Waals surface area contributed by atoms with E-state index in [1.54, 1.807) is 76.1 Å². The second-order valence-electron chi connectivity index (χ2n) is 11.1. The van der Waals surface area contributed by atoms with Crippen LogP contribution in [-0.4, -0.2) is 61.2 Å². The molecule has 266 valence electrons. The number of anilines is 2. The fourth-order valence-electron chi connectivity index (χ4n) is 5.40. The van der Waals surface area contributed by atoms with E-state index in [4.69, 9.17) is 11.5 Å². The molecule has 0 fully saturated rings. The van der Waals surface area contributed by atoms with Gasteiger partial charge in [0.05, 0.1) is 17.0 Å². The van der Waals surface area contributed by atoms with Crippen molar-refractivity contribution in [3.05, 3.63) is 109 Å². The van der Waals surface area contributed by atoms with Crippen molar-refractivity contribution in [1.29, 1.82) is 0 Å². The summed E-state index contributed by atoms with van der Waals surface area (Å²) in [4.78, 5) is 34.8. The van der Waals surface area contributed by atoms with Crippen molar-refractivity contribution in [2.75, 3.05) is 24.0 Å². The molecule has 6 heterocycles. The molecule has 2 aromatic carbocycles. The van der Waals surface area contributed by atoms with Crippen molar-refractivity contribution in [3.8, 4) is 45.3 Å². The molecule has 0 bridgehead atoms. The zero-order valence-electron chi connectivity index (χ0n) is 27.7. The number of alkyl halides is 3. The van der Waals surface area contributed by atoms with Gasteiger partial charge >= 0.3 is 6.18 Å². The van der Waals surface area contributed by atoms with Gasteiger partial charge < -0.3 is 11.5 Å². The molecule has 18 heteroatoms. The van der Waals surface area contributed by atoms with Gasteiger partial charge in [0.1, 0.15) is 40.2 Å². The first-order valence-electron chi connectivity index (χ1n) is 15.5. The molecule has 0 aliphatic rings. The van der Waals surface area contributed by atoms with Crippen LogP contribution in [0.25, 0.3) is 56.8 Å². The third-order valence-corrected chi connectivity index (χ3v) is 8.83. The minimum absolute atomic E-state index is 0.257. The Kier molecular flexibility index (Phi) is 9.63. The van der Waals surface area contributed by atoms with Crippen molar-refractivity contribution in [2.45, 2.75) is 16.5 Å². The van der Waals surface area contributed by atoms with Crippen LogP contribution in [0.4, 0.5) is 29.2 Å². The van der Waals surface area contributed by atoms with Crippen molar-refractivity contribution in [1.82, 2.24) is 48.7 Å². The molecule has 12 nitrogen and oxygen atoms in total. The predicted molar refractivity (Wildman–Crippen MR) is 196 cm³/mol. The highest BCUT2D eigenvalue weighted by molar-refractivity contribution is 7.98. The van der Waals surface area contributed by atoms with Crippen LogP contribution in [0.2, 0.25) is 0 Å². The van der Waals surface area contributed by atoms with Gasteiger partial charge in [0, 0.05) is 35.9 Å². The van der Waals surface area contributed by atoms with Crippen LogP contribution in [0, 0.1) is 5.82 Å². The predicted octanol–water partition coefficient (Wildman–Crippen LogP) is 7.47. The number of nitrogen functional groups attached to an aromatic ring is 2. The zero-order chi connectivity index (χ0) is 37.3. The highest BCUT2D eigenvalue weighted by Crippen LogP contribution is 2.36. The molecule has 8 rings (SSSR count). The Labute approximate surface area is 306 Å². The fourth-order valence-corrected chi connectivity index (χ4v) is 6.11. The number of rotatable bonds is 6. The molecular weight excluding hydrogens is 729 g/mol. The first-order valence-corrected chi connectivity index (χ1v) is 17.9. The molecule has 0 radical (unpaired) electrons. The van der Waals surface area contributed by atoms with E-state index >= 15 is 0 Å². The van der Waals surface area contributed by atoms with Gasteiger partial charge in [-0.2, -0.15) is 23.1 Å². The highest BCUT2D eigenvalue weighted by Gasteiger charge is 2.31. The number of hydrogen-bond donors (Lipinski definition) is 2. The Hall–Kier alpha value is -6.14. The lowest BCUT2D eigenvalue weighted by Crippen LogP contribution is -2.04. The summed E-state index contributed by atoms with van der Waals surface area (Å²) in [5.74, 6) is 0.986. The molecule has 0 unspecified atom stereocenters. The van der Waals surface area contributed by atoms with Crippen LogP contribution in [-0.2, 0) is 6.18 Å². The Bertz CT molecular complexity index is 2610. The van der Waals surface area contributed by atoms with Crippen molar-refractivity contribution < 1.29 is 17.6 Å². The molecule has 0 spiro atoms. The summed E-state index contributed by atoms with van der Waals surface area (Å²) in [6, 6.07) is 18.0. The number of nitrogens with two attached hydrogens (primary N) is 2. The molecule has 53 heavy (non-hydrogen) atoms. The number of fused-ring (bicyclic) bond motifs is 2. The Balaban J connectivity index is 0.000000165. The van der Waals surface area contributed by atoms with E-state index in [1.165, 1.54) is 41.7 Å². The van der Waals surface area contributed by atoms with E-state index in [0.29, 0.717) is 67.2 Å². The smallest absolute Gasteiger partial charge is 0.384 e. The lowest BCUT2D eigenvalue weighted by Gasteiger charge is -2.09. The van der Waals surface area contributed by atoms with Crippen LogP contribution >= 0.6 is 23.5 Å². The zero-order valence-corrected chi connectivity index (χ0v) is 29.3. The average molecular weight is 755 g/mol. The van der Waals surface area contributed by atoms with Gasteiger partial charge in [-0.3, -0.25) is 8.80 Å². The summed E-state index contributed by atoms with van der Waals surface area (Å²) in [6.07, 6.45) is 6.01. The van der Waals surface area contributed by atoms with Gasteiger partial charge in [-0.15, -0.1) is 0 Å². The minimum Gasteiger partial charge on any atom is -0.384 e. The maximum atomic E-state index is 13.7. The van der Waals surface area contributed by atoms with E-state index in [-0.39, 0.29) is 17.4 Å². The first-order chi connectivity index (χ1) is 25.5. The van der Waals surface area contributed by atoms with Crippen LogP contribution < -0.4 is 11.5 Å². The van der Waals surface area contributed by atoms with E-state index in [2.05, 4.69) is 39.9 Å². The molecule has 0 aliphatic heterocycles. The Morgan fingerprint density at radius 1 is 0.604 bits per heavy atom. The summed E-state index contributed by atoms with van der Waals surface area (Å²) in [5.41, 5.74) is 15.1. The number of aromatic nitrogens is 10. The van der Waals surface area contributed by atoms with Crippen LogP contribution in [0.15, 0.2) is 108 Å². The monoisotopic (exact) mass is 754 g/mol. The quantitative estimate of drug-likeness (QED) is 0.0979. The molecule has 0 aliphatic carbocycles.